The van der Waals surface area contributed by atoms with Gasteiger partial charge in [-0.1, -0.05) is 176 Å². The van der Waals surface area contributed by atoms with E-state index >= 15 is 0 Å². The molecule has 0 radical (unpaired) electrons. The second kappa shape index (κ2) is 12.3. The SMILES string of the molecule is c1cc(-c2c3ccccc3c(-c3ccc4ccccc4c3)c3ccc(-c4ccc5ccccc5c4)cc23)cc(-c2cc3ccccc3c3ccccc23)c1. The lowest BCUT2D eigenvalue weighted by atomic mass is 9.83. The van der Waals surface area contributed by atoms with Crippen molar-refractivity contribution in [1.82, 2.24) is 0 Å². The van der Waals surface area contributed by atoms with Crippen LogP contribution in [-0.4, -0.2) is 0 Å². The van der Waals surface area contributed by atoms with Crippen molar-refractivity contribution in [1.29, 1.82) is 0 Å². The largest absolute Gasteiger partial charge is 0.0616 e. The molecule has 0 atom stereocenters. The van der Waals surface area contributed by atoms with Gasteiger partial charge in [0.1, 0.15) is 0 Å². The van der Waals surface area contributed by atoms with Crippen LogP contribution in [0.4, 0.5) is 0 Å². The summed E-state index contributed by atoms with van der Waals surface area (Å²) in [5.74, 6) is 0. The van der Waals surface area contributed by atoms with Gasteiger partial charge in [0.25, 0.3) is 0 Å². The average Bonchev–Trinajstić information content (AvgIpc) is 3.24. The van der Waals surface area contributed by atoms with Gasteiger partial charge in [0, 0.05) is 0 Å². The predicted molar refractivity (Wildman–Crippen MR) is 233 cm³/mol. The molecule has 0 unspecified atom stereocenters. The molecule has 0 heterocycles. The maximum Gasteiger partial charge on any atom is -0.00259 e. The minimum atomic E-state index is 1.21. The number of fused-ring (bicyclic) bond motifs is 7. The molecule has 0 bridgehead atoms. The van der Waals surface area contributed by atoms with E-state index in [0.717, 1.165) is 0 Å². The highest BCUT2D eigenvalue weighted by Crippen LogP contribution is 2.46. The van der Waals surface area contributed by atoms with Crippen LogP contribution >= 0.6 is 0 Å². The smallest absolute Gasteiger partial charge is 0.00259 e. The van der Waals surface area contributed by atoms with E-state index in [4.69, 9.17) is 0 Å². The molecule has 11 rings (SSSR count). The highest BCUT2D eigenvalue weighted by molar-refractivity contribution is 6.23. The van der Waals surface area contributed by atoms with Gasteiger partial charge >= 0.3 is 0 Å². The summed E-state index contributed by atoms with van der Waals surface area (Å²) in [5, 5.41) is 15.1. The summed E-state index contributed by atoms with van der Waals surface area (Å²) in [6, 6.07) is 76.3. The van der Waals surface area contributed by atoms with E-state index in [9.17, 15) is 0 Å². The second-order valence-electron chi connectivity index (χ2n) is 14.5. The van der Waals surface area contributed by atoms with Crippen LogP contribution in [0.25, 0.3) is 109 Å². The van der Waals surface area contributed by atoms with E-state index in [2.05, 4.69) is 206 Å². The lowest BCUT2D eigenvalue weighted by Crippen LogP contribution is -1.92. The Morgan fingerprint density at radius 3 is 1.37 bits per heavy atom. The molecule has 0 aliphatic rings. The van der Waals surface area contributed by atoms with E-state index in [1.165, 1.54) is 109 Å². The molecular weight excluding hydrogens is 649 g/mol. The van der Waals surface area contributed by atoms with Gasteiger partial charge in [0.2, 0.25) is 0 Å². The Hall–Kier alpha value is -7.02. The van der Waals surface area contributed by atoms with Gasteiger partial charge in [-0.2, -0.15) is 0 Å². The minimum absolute atomic E-state index is 1.21. The standard InChI is InChI=1S/C54H34/c1-3-14-37-30-39(26-24-35(37)12-1)40-28-29-50-52(33-40)54(49-23-10-9-22-48(49)53(50)44-27-25-36-13-2-4-15-38(36)31-44)43-18-11-17-41(32-43)51-34-42-16-5-6-19-45(42)46-20-7-8-21-47(46)51/h1-34H. The van der Waals surface area contributed by atoms with Crippen LogP contribution in [0.15, 0.2) is 206 Å². The van der Waals surface area contributed by atoms with Crippen molar-refractivity contribution in [2.24, 2.45) is 0 Å². The third kappa shape index (κ3) is 4.92. The Labute approximate surface area is 314 Å². The predicted octanol–water partition coefficient (Wildman–Crippen LogP) is 15.3. The maximum atomic E-state index is 2.43. The Morgan fingerprint density at radius 2 is 0.648 bits per heavy atom. The summed E-state index contributed by atoms with van der Waals surface area (Å²) in [4.78, 5) is 0. The second-order valence-corrected chi connectivity index (χ2v) is 14.5. The molecule has 0 heteroatoms. The van der Waals surface area contributed by atoms with Crippen LogP contribution in [-0.2, 0) is 0 Å². The lowest BCUT2D eigenvalue weighted by molar-refractivity contribution is 1.63. The van der Waals surface area contributed by atoms with Gasteiger partial charge in [0.15, 0.2) is 0 Å². The topological polar surface area (TPSA) is 0 Å². The normalized spacial score (nSPS) is 11.7. The zero-order chi connectivity index (χ0) is 35.6. The average molecular weight is 683 g/mol. The molecule has 0 aliphatic carbocycles. The molecule has 54 heavy (non-hydrogen) atoms. The first-order valence-corrected chi connectivity index (χ1v) is 18.7. The summed E-state index contributed by atoms with van der Waals surface area (Å²) in [6.45, 7) is 0. The first-order chi connectivity index (χ1) is 26.8. The Bertz CT molecular complexity index is 3270. The van der Waals surface area contributed by atoms with E-state index in [1.54, 1.807) is 0 Å². The van der Waals surface area contributed by atoms with Gasteiger partial charge < -0.3 is 0 Å². The molecule has 250 valence electrons. The van der Waals surface area contributed by atoms with Crippen molar-refractivity contribution in [3.8, 4) is 44.5 Å². The molecule has 0 nitrogen and oxygen atoms in total. The maximum absolute atomic E-state index is 2.43. The van der Waals surface area contributed by atoms with Gasteiger partial charge in [-0.05, 0) is 139 Å². The molecule has 0 saturated carbocycles. The van der Waals surface area contributed by atoms with E-state index in [1.807, 2.05) is 0 Å². The number of rotatable bonds is 4. The van der Waals surface area contributed by atoms with Crippen molar-refractivity contribution in [2.45, 2.75) is 0 Å². The minimum Gasteiger partial charge on any atom is -0.0616 e. The zero-order valence-corrected chi connectivity index (χ0v) is 29.6. The molecule has 0 aromatic heterocycles. The van der Waals surface area contributed by atoms with Gasteiger partial charge in [0.05, 0.1) is 0 Å². The van der Waals surface area contributed by atoms with Crippen molar-refractivity contribution < 1.29 is 0 Å². The molecule has 0 aliphatic heterocycles. The van der Waals surface area contributed by atoms with Crippen molar-refractivity contribution in [3.05, 3.63) is 206 Å². The molecule has 0 N–H and O–H groups in total. The van der Waals surface area contributed by atoms with Crippen molar-refractivity contribution in [3.63, 3.8) is 0 Å². The molecule has 11 aromatic carbocycles. The van der Waals surface area contributed by atoms with Crippen LogP contribution in [0.2, 0.25) is 0 Å². The fourth-order valence-corrected chi connectivity index (χ4v) is 8.83. The summed E-state index contributed by atoms with van der Waals surface area (Å²) in [7, 11) is 0. The number of benzene rings is 11. The quantitative estimate of drug-likeness (QED) is 0.128. The third-order valence-corrected chi connectivity index (χ3v) is 11.4. The van der Waals surface area contributed by atoms with Gasteiger partial charge in [-0.25, -0.2) is 0 Å². The summed E-state index contributed by atoms with van der Waals surface area (Å²) in [5.41, 5.74) is 9.89. The third-order valence-electron chi connectivity index (χ3n) is 11.4. The van der Waals surface area contributed by atoms with E-state index in [0.29, 0.717) is 0 Å². The Kier molecular flexibility index (Phi) is 6.97. The summed E-state index contributed by atoms with van der Waals surface area (Å²) >= 11 is 0. The molecule has 0 amide bonds. The van der Waals surface area contributed by atoms with Crippen LogP contribution in [0.3, 0.4) is 0 Å². The molecule has 11 aromatic rings. The highest BCUT2D eigenvalue weighted by atomic mass is 14.2. The monoisotopic (exact) mass is 682 g/mol. The number of hydrogen-bond acceptors (Lipinski definition) is 0. The summed E-state index contributed by atoms with van der Waals surface area (Å²) in [6.07, 6.45) is 0. The van der Waals surface area contributed by atoms with Crippen LogP contribution < -0.4 is 0 Å². The first kappa shape index (κ1) is 30.6. The highest BCUT2D eigenvalue weighted by Gasteiger charge is 2.19. The zero-order valence-electron chi connectivity index (χ0n) is 29.6. The number of hydrogen-bond donors (Lipinski definition) is 0. The van der Waals surface area contributed by atoms with Crippen LogP contribution in [0, 0.1) is 0 Å². The Morgan fingerprint density at radius 1 is 0.185 bits per heavy atom. The van der Waals surface area contributed by atoms with Crippen LogP contribution in [0.5, 0.6) is 0 Å². The van der Waals surface area contributed by atoms with E-state index < -0.39 is 0 Å². The first-order valence-electron chi connectivity index (χ1n) is 18.7. The fraction of sp³-hybridized carbons (Fsp3) is 0. The molecule has 0 saturated heterocycles. The van der Waals surface area contributed by atoms with Gasteiger partial charge in [-0.15, -0.1) is 0 Å². The lowest BCUT2D eigenvalue weighted by Gasteiger charge is -2.20. The summed E-state index contributed by atoms with van der Waals surface area (Å²) < 4.78 is 0. The van der Waals surface area contributed by atoms with E-state index in [-0.39, 0.29) is 0 Å². The van der Waals surface area contributed by atoms with Gasteiger partial charge in [-0.3, -0.25) is 0 Å². The van der Waals surface area contributed by atoms with Crippen molar-refractivity contribution in [2.75, 3.05) is 0 Å². The van der Waals surface area contributed by atoms with Crippen molar-refractivity contribution >= 4 is 64.6 Å². The molecular formula is C54H34. The molecule has 0 fully saturated rings. The molecule has 0 spiro atoms. The fourth-order valence-electron chi connectivity index (χ4n) is 8.83. The Balaban J connectivity index is 1.21. The van der Waals surface area contributed by atoms with Crippen LogP contribution in [0.1, 0.15) is 0 Å².